The van der Waals surface area contributed by atoms with Crippen molar-refractivity contribution in [1.82, 2.24) is 0 Å². The average Bonchev–Trinajstić information content (AvgIpc) is 2.33. The first-order chi connectivity index (χ1) is 8.90. The van der Waals surface area contributed by atoms with Crippen LogP contribution in [0.1, 0.15) is 40.5 Å². The smallest absolute Gasteiger partial charge is 0.152 e. The van der Waals surface area contributed by atoms with Crippen LogP contribution >= 0.6 is 0 Å². The number of benzene rings is 1. The number of hydrogen-bond acceptors (Lipinski definition) is 3. The van der Waals surface area contributed by atoms with Crippen molar-refractivity contribution in [1.29, 1.82) is 0 Å². The van der Waals surface area contributed by atoms with Crippen LogP contribution in [0.15, 0.2) is 24.3 Å². The van der Waals surface area contributed by atoms with Gasteiger partial charge < -0.3 is 9.64 Å². The quantitative estimate of drug-likeness (QED) is 0.835. The van der Waals surface area contributed by atoms with E-state index in [2.05, 4.69) is 18.7 Å². The van der Waals surface area contributed by atoms with Gasteiger partial charge in [-0.15, -0.1) is 0 Å². The molecule has 3 heteroatoms. The lowest BCUT2D eigenvalue weighted by molar-refractivity contribution is -0.119. The van der Waals surface area contributed by atoms with Gasteiger partial charge in [0, 0.05) is 12.0 Å². The first-order valence-electron chi connectivity index (χ1n) is 6.95. The van der Waals surface area contributed by atoms with E-state index in [1.165, 1.54) is 0 Å². The predicted molar refractivity (Wildman–Crippen MR) is 77.9 cm³/mol. The molecule has 3 nitrogen and oxygen atoms in total. The number of carbonyl (C=O) groups is 1. The predicted octanol–water partition coefficient (Wildman–Crippen LogP) is 3.42. The van der Waals surface area contributed by atoms with E-state index < -0.39 is 0 Å². The monoisotopic (exact) mass is 261 g/mol. The Bertz CT molecular complexity index is 466. The molecule has 0 radical (unpaired) electrons. The summed E-state index contributed by atoms with van der Waals surface area (Å²) in [6, 6.07) is 7.99. The number of hydrogen-bond donors (Lipinski definition) is 0. The van der Waals surface area contributed by atoms with Gasteiger partial charge in [-0.2, -0.15) is 0 Å². The molecule has 0 N–H and O–H groups in total. The fraction of sp³-hybridized carbons (Fsp3) is 0.562. The lowest BCUT2D eigenvalue weighted by atomic mass is 9.89. The molecular formula is C16H23NO2. The van der Waals surface area contributed by atoms with Crippen LogP contribution in [0.5, 0.6) is 5.75 Å². The number of para-hydroxylation sites is 2. The molecule has 0 aliphatic carbocycles. The molecule has 0 atom stereocenters. The summed E-state index contributed by atoms with van der Waals surface area (Å²) in [5, 5.41) is 0. The van der Waals surface area contributed by atoms with Crippen LogP contribution in [0.2, 0.25) is 0 Å². The molecule has 1 aliphatic rings. The third-order valence-corrected chi connectivity index (χ3v) is 3.60. The van der Waals surface area contributed by atoms with E-state index in [1.807, 2.05) is 38.1 Å². The lowest BCUT2D eigenvalue weighted by Gasteiger charge is -2.44. The minimum atomic E-state index is -0.00957. The third-order valence-electron chi connectivity index (χ3n) is 3.60. The maximum Gasteiger partial charge on any atom is 0.152 e. The summed E-state index contributed by atoms with van der Waals surface area (Å²) >= 11 is 0. The number of nitrogens with zero attached hydrogens (tertiary/aromatic N) is 1. The maximum absolute atomic E-state index is 11.8. The minimum absolute atomic E-state index is 0.00957. The second kappa shape index (κ2) is 5.24. The van der Waals surface area contributed by atoms with Crippen LogP contribution in [-0.4, -0.2) is 24.0 Å². The van der Waals surface area contributed by atoms with Crippen molar-refractivity contribution >= 4 is 11.5 Å². The maximum atomic E-state index is 11.8. The molecule has 1 saturated heterocycles. The number of ether oxygens (including phenoxy) is 1. The SMILES string of the molecule is CC(C)Oc1ccccc1N1CC(=O)CCC1(C)C. The summed E-state index contributed by atoms with van der Waals surface area (Å²) in [5.74, 6) is 1.17. The third kappa shape index (κ3) is 3.09. The highest BCUT2D eigenvalue weighted by Gasteiger charge is 2.34. The van der Waals surface area contributed by atoms with Crippen molar-refractivity contribution in [3.05, 3.63) is 24.3 Å². The van der Waals surface area contributed by atoms with Gasteiger partial charge >= 0.3 is 0 Å². The van der Waals surface area contributed by atoms with E-state index in [1.54, 1.807) is 0 Å². The first kappa shape index (κ1) is 13.9. The molecule has 0 aromatic heterocycles. The molecule has 1 heterocycles. The van der Waals surface area contributed by atoms with Gasteiger partial charge in [-0.05, 0) is 46.2 Å². The van der Waals surface area contributed by atoms with Gasteiger partial charge in [-0.3, -0.25) is 4.79 Å². The molecule has 0 spiro atoms. The van der Waals surface area contributed by atoms with Gasteiger partial charge in [0.25, 0.3) is 0 Å². The molecule has 19 heavy (non-hydrogen) atoms. The minimum Gasteiger partial charge on any atom is -0.489 e. The zero-order valence-electron chi connectivity index (χ0n) is 12.3. The summed E-state index contributed by atoms with van der Waals surface area (Å²) in [5.41, 5.74) is 1.01. The molecule has 1 aromatic rings. The molecule has 1 aliphatic heterocycles. The van der Waals surface area contributed by atoms with Crippen molar-refractivity contribution < 1.29 is 9.53 Å². The van der Waals surface area contributed by atoms with Gasteiger partial charge in [0.15, 0.2) is 5.78 Å². The van der Waals surface area contributed by atoms with Crippen LogP contribution in [0.4, 0.5) is 5.69 Å². The number of rotatable bonds is 3. The Hall–Kier alpha value is -1.51. The Kier molecular flexibility index (Phi) is 3.83. The summed E-state index contributed by atoms with van der Waals surface area (Å²) in [6.45, 7) is 8.88. The fourth-order valence-corrected chi connectivity index (χ4v) is 2.49. The largest absolute Gasteiger partial charge is 0.489 e. The lowest BCUT2D eigenvalue weighted by Crippen LogP contribution is -2.51. The van der Waals surface area contributed by atoms with Crippen molar-refractivity contribution in [2.24, 2.45) is 0 Å². The highest BCUT2D eigenvalue weighted by atomic mass is 16.5. The van der Waals surface area contributed by atoms with E-state index in [0.717, 1.165) is 17.9 Å². The van der Waals surface area contributed by atoms with E-state index in [-0.39, 0.29) is 11.6 Å². The molecule has 0 saturated carbocycles. The summed E-state index contributed by atoms with van der Waals surface area (Å²) < 4.78 is 5.87. The van der Waals surface area contributed by atoms with E-state index >= 15 is 0 Å². The van der Waals surface area contributed by atoms with Crippen LogP contribution in [0.25, 0.3) is 0 Å². The molecular weight excluding hydrogens is 238 g/mol. The van der Waals surface area contributed by atoms with E-state index in [9.17, 15) is 4.79 Å². The Balaban J connectivity index is 2.36. The summed E-state index contributed by atoms with van der Waals surface area (Å²) in [7, 11) is 0. The highest BCUT2D eigenvalue weighted by molar-refractivity contribution is 5.86. The fourth-order valence-electron chi connectivity index (χ4n) is 2.49. The Morgan fingerprint density at radius 1 is 1.26 bits per heavy atom. The number of piperidine rings is 1. The van der Waals surface area contributed by atoms with Gasteiger partial charge in [0.05, 0.1) is 18.3 Å². The first-order valence-corrected chi connectivity index (χ1v) is 6.95. The average molecular weight is 261 g/mol. The number of carbonyl (C=O) groups excluding carboxylic acids is 1. The molecule has 1 aromatic carbocycles. The van der Waals surface area contributed by atoms with Crippen LogP contribution in [0, 0.1) is 0 Å². The zero-order valence-corrected chi connectivity index (χ0v) is 12.3. The highest BCUT2D eigenvalue weighted by Crippen LogP contribution is 2.37. The van der Waals surface area contributed by atoms with Crippen molar-refractivity contribution in [2.75, 3.05) is 11.4 Å². The van der Waals surface area contributed by atoms with Crippen molar-refractivity contribution in [3.63, 3.8) is 0 Å². The molecule has 2 rings (SSSR count). The standard InChI is InChI=1S/C16H23NO2/c1-12(2)19-15-8-6-5-7-14(15)17-11-13(18)9-10-16(17,3)4/h5-8,12H,9-11H2,1-4H3. The van der Waals surface area contributed by atoms with Gasteiger partial charge in [0.1, 0.15) is 5.75 Å². The molecule has 104 valence electrons. The van der Waals surface area contributed by atoms with Crippen LogP contribution in [-0.2, 0) is 4.79 Å². The number of ketones is 1. The number of Topliss-reactive ketones (excluding diaryl/α,β-unsaturated/α-hetero) is 1. The van der Waals surface area contributed by atoms with Crippen LogP contribution < -0.4 is 9.64 Å². The Labute approximate surface area is 115 Å². The summed E-state index contributed by atoms with van der Waals surface area (Å²) in [6.07, 6.45) is 1.70. The van der Waals surface area contributed by atoms with Gasteiger partial charge in [-0.25, -0.2) is 0 Å². The zero-order chi connectivity index (χ0) is 14.0. The van der Waals surface area contributed by atoms with E-state index in [0.29, 0.717) is 18.7 Å². The summed E-state index contributed by atoms with van der Waals surface area (Å²) in [4.78, 5) is 14.0. The number of anilines is 1. The topological polar surface area (TPSA) is 29.5 Å². The van der Waals surface area contributed by atoms with E-state index in [4.69, 9.17) is 4.74 Å². The molecule has 1 fully saturated rings. The second-order valence-electron chi connectivity index (χ2n) is 6.07. The molecule has 0 bridgehead atoms. The molecule has 0 unspecified atom stereocenters. The second-order valence-corrected chi connectivity index (χ2v) is 6.07. The molecule has 0 amide bonds. The van der Waals surface area contributed by atoms with Crippen LogP contribution in [0.3, 0.4) is 0 Å². The van der Waals surface area contributed by atoms with Crippen molar-refractivity contribution in [3.8, 4) is 5.75 Å². The van der Waals surface area contributed by atoms with Gasteiger partial charge in [0.2, 0.25) is 0 Å². The normalized spacial score (nSPS) is 18.8. The Morgan fingerprint density at radius 2 is 1.95 bits per heavy atom. The van der Waals surface area contributed by atoms with Gasteiger partial charge in [-0.1, -0.05) is 12.1 Å². The Morgan fingerprint density at radius 3 is 2.63 bits per heavy atom. The van der Waals surface area contributed by atoms with Crippen molar-refractivity contribution in [2.45, 2.75) is 52.2 Å².